The number of hydrogen-bond donors (Lipinski definition) is 2. The smallest absolute Gasteiger partial charge is 0.348 e. The van der Waals surface area contributed by atoms with Crippen molar-refractivity contribution < 1.29 is 19.1 Å². The largest absolute Gasteiger partial charge is 0.477 e. The minimum atomic E-state index is -1.08. The third-order valence-electron chi connectivity index (χ3n) is 2.22. The van der Waals surface area contributed by atoms with Gasteiger partial charge >= 0.3 is 5.97 Å². The van der Waals surface area contributed by atoms with Crippen LogP contribution in [0.2, 0.25) is 0 Å². The number of anilines is 1. The van der Waals surface area contributed by atoms with Crippen LogP contribution in [-0.2, 0) is 0 Å². The second kappa shape index (κ2) is 4.61. The molecule has 0 fully saturated rings. The molecule has 0 saturated heterocycles. The van der Waals surface area contributed by atoms with Crippen LogP contribution >= 0.6 is 11.3 Å². The van der Waals surface area contributed by atoms with Crippen molar-refractivity contribution in [1.29, 1.82) is 0 Å². The lowest BCUT2D eigenvalue weighted by Gasteiger charge is -2.02. The molecule has 2 rings (SSSR count). The lowest BCUT2D eigenvalue weighted by atomic mass is 10.3. The third kappa shape index (κ3) is 2.25. The van der Waals surface area contributed by atoms with Gasteiger partial charge in [0.1, 0.15) is 4.88 Å². The Bertz CT molecular complexity index is 614. The number of nitrogens with zero attached hydrogens (tertiary/aromatic N) is 1. The van der Waals surface area contributed by atoms with Crippen LogP contribution < -0.4 is 5.32 Å². The Kier molecular flexibility index (Phi) is 3.15. The molecule has 0 aromatic carbocycles. The molecule has 0 unspecified atom stereocenters. The van der Waals surface area contributed by atoms with Crippen LogP contribution in [0.1, 0.15) is 31.8 Å². The van der Waals surface area contributed by atoms with Crippen LogP contribution in [0.5, 0.6) is 0 Å². The number of amides is 1. The maximum atomic E-state index is 11.9. The first-order valence-electron chi connectivity index (χ1n) is 5.05. The maximum Gasteiger partial charge on any atom is 0.348 e. The Labute approximate surface area is 106 Å². The molecule has 0 bridgehead atoms. The van der Waals surface area contributed by atoms with E-state index in [4.69, 9.17) is 9.52 Å². The molecule has 2 N–H and O–H groups in total. The van der Waals surface area contributed by atoms with Crippen molar-refractivity contribution in [3.05, 3.63) is 33.7 Å². The highest BCUT2D eigenvalue weighted by atomic mass is 32.1. The number of thiophene rings is 1. The number of hydrogen-bond acceptors (Lipinski definition) is 5. The van der Waals surface area contributed by atoms with Crippen molar-refractivity contribution in [3.63, 3.8) is 0 Å². The second-order valence-corrected chi connectivity index (χ2v) is 4.49. The quantitative estimate of drug-likeness (QED) is 0.889. The minimum Gasteiger partial charge on any atom is -0.477 e. The predicted molar refractivity (Wildman–Crippen MR) is 65.2 cm³/mol. The highest BCUT2D eigenvalue weighted by Gasteiger charge is 2.19. The average Bonchev–Trinajstić information content (AvgIpc) is 2.85. The molecule has 7 heteroatoms. The van der Waals surface area contributed by atoms with E-state index in [0.717, 1.165) is 11.3 Å². The van der Waals surface area contributed by atoms with Crippen molar-refractivity contribution in [2.75, 3.05) is 5.32 Å². The Balaban J connectivity index is 2.24. The lowest BCUT2D eigenvalue weighted by Crippen LogP contribution is -2.13. The summed E-state index contributed by atoms with van der Waals surface area (Å²) in [4.78, 5) is 26.8. The van der Waals surface area contributed by atoms with E-state index in [2.05, 4.69) is 10.3 Å². The van der Waals surface area contributed by atoms with E-state index < -0.39 is 11.9 Å². The number of nitrogens with one attached hydrogen (secondary N) is 1. The van der Waals surface area contributed by atoms with Gasteiger partial charge in [0, 0.05) is 6.92 Å². The van der Waals surface area contributed by atoms with E-state index in [-0.39, 0.29) is 16.3 Å². The van der Waals surface area contributed by atoms with E-state index >= 15 is 0 Å². The predicted octanol–water partition coefficient (Wildman–Crippen LogP) is 2.30. The Hall–Kier alpha value is -2.15. The number of carboxylic acid groups (broad SMARTS) is 1. The van der Waals surface area contributed by atoms with Gasteiger partial charge in [-0.05, 0) is 18.4 Å². The molecule has 0 atom stereocenters. The summed E-state index contributed by atoms with van der Waals surface area (Å²) in [7, 11) is 0. The number of oxazole rings is 1. The summed E-state index contributed by atoms with van der Waals surface area (Å²) in [5.74, 6) is -1.10. The fraction of sp³-hybridized carbons (Fsp3) is 0.182. The zero-order valence-corrected chi connectivity index (χ0v) is 10.5. The Morgan fingerprint density at radius 1 is 1.44 bits per heavy atom. The summed E-state index contributed by atoms with van der Waals surface area (Å²) < 4.78 is 5.16. The number of aromatic nitrogens is 1. The zero-order valence-electron chi connectivity index (χ0n) is 9.68. The van der Waals surface area contributed by atoms with Gasteiger partial charge in [-0.1, -0.05) is 0 Å². The number of carboxylic acids is 1. The van der Waals surface area contributed by atoms with Gasteiger partial charge in [-0.25, -0.2) is 9.78 Å². The van der Waals surface area contributed by atoms with Gasteiger partial charge in [-0.3, -0.25) is 4.79 Å². The van der Waals surface area contributed by atoms with Gasteiger partial charge in [0.25, 0.3) is 5.91 Å². The van der Waals surface area contributed by atoms with E-state index in [0.29, 0.717) is 11.6 Å². The molecule has 0 aliphatic heterocycles. The molecule has 2 aromatic heterocycles. The molecule has 0 spiro atoms. The zero-order chi connectivity index (χ0) is 13.3. The molecule has 0 aliphatic rings. The van der Waals surface area contributed by atoms with E-state index in [9.17, 15) is 9.59 Å². The van der Waals surface area contributed by atoms with Crippen molar-refractivity contribution >= 4 is 28.9 Å². The first kappa shape index (κ1) is 12.3. The van der Waals surface area contributed by atoms with E-state index in [1.54, 1.807) is 19.2 Å². The summed E-state index contributed by atoms with van der Waals surface area (Å²) in [5.41, 5.74) is 0.725. The minimum absolute atomic E-state index is 0.0808. The summed E-state index contributed by atoms with van der Waals surface area (Å²) in [6, 6.07) is 1.53. The molecular weight excluding hydrogens is 256 g/mol. The van der Waals surface area contributed by atoms with Crippen molar-refractivity contribution in [1.82, 2.24) is 4.98 Å². The second-order valence-electron chi connectivity index (χ2n) is 3.57. The number of aryl methyl sites for hydroxylation is 2. The summed E-state index contributed by atoms with van der Waals surface area (Å²) in [6.45, 7) is 3.29. The topological polar surface area (TPSA) is 92.4 Å². The SMILES string of the molecule is Cc1nc(C)c(C(=O)Nc2ccsc2C(=O)O)o1. The van der Waals surface area contributed by atoms with Gasteiger partial charge in [0.05, 0.1) is 11.4 Å². The molecule has 6 nitrogen and oxygen atoms in total. The van der Waals surface area contributed by atoms with Crippen LogP contribution in [-0.4, -0.2) is 22.0 Å². The first-order valence-corrected chi connectivity index (χ1v) is 5.93. The molecule has 2 aromatic rings. The van der Waals surface area contributed by atoms with Crippen LogP contribution in [0.3, 0.4) is 0 Å². The van der Waals surface area contributed by atoms with Crippen molar-refractivity contribution in [3.8, 4) is 0 Å². The van der Waals surface area contributed by atoms with Crippen molar-refractivity contribution in [2.24, 2.45) is 0 Å². The summed E-state index contributed by atoms with van der Waals surface area (Å²) in [6.07, 6.45) is 0. The van der Waals surface area contributed by atoms with Crippen LogP contribution in [0.15, 0.2) is 15.9 Å². The van der Waals surface area contributed by atoms with Crippen LogP contribution in [0.4, 0.5) is 5.69 Å². The fourth-order valence-corrected chi connectivity index (χ4v) is 2.18. The monoisotopic (exact) mass is 266 g/mol. The number of carbonyl (C=O) groups is 2. The number of carbonyl (C=O) groups excluding carboxylic acids is 1. The molecule has 0 saturated carbocycles. The lowest BCUT2D eigenvalue weighted by molar-refractivity contribution is 0.0703. The highest BCUT2D eigenvalue weighted by molar-refractivity contribution is 7.12. The van der Waals surface area contributed by atoms with Crippen molar-refractivity contribution in [2.45, 2.75) is 13.8 Å². The Morgan fingerprint density at radius 2 is 2.17 bits per heavy atom. The van der Waals surface area contributed by atoms with Gasteiger partial charge in [-0.2, -0.15) is 0 Å². The fourth-order valence-electron chi connectivity index (χ4n) is 1.49. The maximum absolute atomic E-state index is 11.9. The standard InChI is InChI=1S/C11H10N2O4S/c1-5-8(17-6(2)12-5)10(14)13-7-3-4-18-9(7)11(15)16/h3-4H,1-2H3,(H,13,14)(H,15,16). The molecule has 18 heavy (non-hydrogen) atoms. The molecule has 0 aliphatic carbocycles. The highest BCUT2D eigenvalue weighted by Crippen LogP contribution is 2.23. The molecule has 2 heterocycles. The summed E-state index contributed by atoms with van der Waals surface area (Å²) >= 11 is 1.04. The normalized spacial score (nSPS) is 10.3. The Morgan fingerprint density at radius 3 is 2.72 bits per heavy atom. The van der Waals surface area contributed by atoms with Gasteiger partial charge in [0.2, 0.25) is 5.76 Å². The first-order chi connectivity index (χ1) is 8.49. The van der Waals surface area contributed by atoms with E-state index in [1.807, 2.05) is 0 Å². The number of rotatable bonds is 3. The third-order valence-corrected chi connectivity index (χ3v) is 3.12. The van der Waals surface area contributed by atoms with Gasteiger partial charge < -0.3 is 14.8 Å². The molecule has 0 radical (unpaired) electrons. The molecule has 94 valence electrons. The van der Waals surface area contributed by atoms with Gasteiger partial charge in [-0.15, -0.1) is 11.3 Å². The van der Waals surface area contributed by atoms with E-state index in [1.165, 1.54) is 6.07 Å². The molecule has 1 amide bonds. The average molecular weight is 266 g/mol. The van der Waals surface area contributed by atoms with Crippen LogP contribution in [0.25, 0.3) is 0 Å². The van der Waals surface area contributed by atoms with Crippen LogP contribution in [0, 0.1) is 13.8 Å². The summed E-state index contributed by atoms with van der Waals surface area (Å²) in [5, 5.41) is 13.0. The number of aromatic carboxylic acids is 1. The van der Waals surface area contributed by atoms with Gasteiger partial charge in [0.15, 0.2) is 5.89 Å². The molecular formula is C11H10N2O4S.